The quantitative estimate of drug-likeness (QED) is 0.777. The van der Waals surface area contributed by atoms with Crippen LogP contribution in [0.2, 0.25) is 0 Å². The maximum Gasteiger partial charge on any atom is 0.452 e. The van der Waals surface area contributed by atoms with Crippen molar-refractivity contribution in [2.45, 2.75) is 30.2 Å². The first-order valence-corrected chi connectivity index (χ1v) is 9.02. The molecule has 10 heteroatoms. The van der Waals surface area contributed by atoms with Crippen LogP contribution in [0.25, 0.3) is 10.6 Å². The molecule has 0 saturated heterocycles. The molecule has 2 heterocycles. The summed E-state index contributed by atoms with van der Waals surface area (Å²) in [7, 11) is -2.17. The molecule has 2 aromatic rings. The lowest BCUT2D eigenvalue weighted by Crippen LogP contribution is -2.27. The average Bonchev–Trinajstić information content (AvgIpc) is 3.11. The third-order valence-corrected chi connectivity index (χ3v) is 6.55. The van der Waals surface area contributed by atoms with E-state index in [0.29, 0.717) is 11.4 Å². The molecule has 0 atom stereocenters. The van der Waals surface area contributed by atoms with Crippen molar-refractivity contribution in [2.24, 2.45) is 0 Å². The summed E-state index contributed by atoms with van der Waals surface area (Å²) in [5.41, 5.74) is -0.0417. The van der Waals surface area contributed by atoms with E-state index in [4.69, 9.17) is 0 Å². The maximum absolute atomic E-state index is 12.5. The first-order chi connectivity index (χ1) is 10.7. The van der Waals surface area contributed by atoms with Crippen LogP contribution in [0, 0.1) is 0 Å². The lowest BCUT2D eigenvalue weighted by Gasteiger charge is -2.15. The molecule has 0 aliphatic carbocycles. The van der Waals surface area contributed by atoms with E-state index in [-0.39, 0.29) is 9.90 Å². The van der Waals surface area contributed by atoms with Crippen molar-refractivity contribution in [1.29, 1.82) is 0 Å². The van der Waals surface area contributed by atoms with Crippen molar-refractivity contribution in [1.82, 2.24) is 9.46 Å². The Morgan fingerprint density at radius 2 is 2.04 bits per heavy atom. The van der Waals surface area contributed by atoms with E-state index in [2.05, 4.69) is 9.68 Å². The molecular formula is C13H15F3N2O3S2. The Hall–Kier alpha value is -1.39. The third kappa shape index (κ3) is 3.93. The van der Waals surface area contributed by atoms with Gasteiger partial charge >= 0.3 is 6.18 Å². The van der Waals surface area contributed by atoms with Gasteiger partial charge in [-0.3, -0.25) is 0 Å². The Bertz CT molecular complexity index is 766. The fourth-order valence-electron chi connectivity index (χ4n) is 1.78. The molecule has 0 aliphatic heterocycles. The molecule has 0 amide bonds. The van der Waals surface area contributed by atoms with Gasteiger partial charge in [-0.25, -0.2) is 12.7 Å². The molecule has 0 aromatic carbocycles. The number of hydrogen-bond donors (Lipinski definition) is 0. The lowest BCUT2D eigenvalue weighted by molar-refractivity contribution is -0.155. The number of thiophene rings is 1. The number of sulfonamides is 1. The van der Waals surface area contributed by atoms with E-state index in [0.717, 1.165) is 30.2 Å². The van der Waals surface area contributed by atoms with Crippen molar-refractivity contribution in [2.75, 3.05) is 13.6 Å². The second kappa shape index (κ2) is 6.62. The van der Waals surface area contributed by atoms with Gasteiger partial charge in [-0.2, -0.15) is 13.2 Å². The molecule has 0 spiro atoms. The van der Waals surface area contributed by atoms with Crippen LogP contribution in [0.3, 0.4) is 0 Å². The molecule has 2 aromatic heterocycles. The van der Waals surface area contributed by atoms with Gasteiger partial charge in [-0.05, 0) is 18.6 Å². The first-order valence-electron chi connectivity index (χ1n) is 6.76. The summed E-state index contributed by atoms with van der Waals surface area (Å²) < 4.78 is 67.8. The van der Waals surface area contributed by atoms with Crippen LogP contribution >= 0.6 is 11.3 Å². The van der Waals surface area contributed by atoms with Gasteiger partial charge in [0.25, 0.3) is 10.0 Å². The number of nitrogens with zero attached hydrogens (tertiary/aromatic N) is 2. The standard InChI is InChI=1S/C13H15F3N2O3S2/c1-3-4-7-18(2)23(19,20)12-6-5-10(22-12)9-8-11(21-17-9)13(14,15)16/h5-6,8H,3-4,7H2,1-2H3. The molecule has 0 fully saturated rings. The maximum atomic E-state index is 12.5. The molecule has 0 unspecified atom stereocenters. The molecule has 0 saturated carbocycles. The molecule has 0 aliphatic rings. The zero-order valence-corrected chi connectivity index (χ0v) is 14.1. The third-order valence-electron chi connectivity index (χ3n) is 3.11. The van der Waals surface area contributed by atoms with E-state index < -0.39 is 22.0 Å². The normalized spacial score (nSPS) is 13.0. The molecule has 0 bridgehead atoms. The average molecular weight is 368 g/mol. The van der Waals surface area contributed by atoms with E-state index >= 15 is 0 Å². The SMILES string of the molecule is CCCCN(C)S(=O)(=O)c1ccc(-c2cc(C(F)(F)F)on2)s1. The van der Waals surface area contributed by atoms with Gasteiger partial charge in [-0.15, -0.1) is 11.3 Å². The van der Waals surface area contributed by atoms with Crippen LogP contribution in [0.4, 0.5) is 13.2 Å². The molecule has 128 valence electrons. The fraction of sp³-hybridized carbons (Fsp3) is 0.462. The van der Waals surface area contributed by atoms with Crippen LogP contribution in [0.5, 0.6) is 0 Å². The van der Waals surface area contributed by atoms with Crippen molar-refractivity contribution >= 4 is 21.4 Å². The summed E-state index contributed by atoms with van der Waals surface area (Å²) in [6, 6.07) is 3.53. The van der Waals surface area contributed by atoms with Crippen molar-refractivity contribution in [3.05, 3.63) is 24.0 Å². The number of halogens is 3. The Balaban J connectivity index is 2.25. The van der Waals surface area contributed by atoms with Gasteiger partial charge in [0.15, 0.2) is 0 Å². The van der Waals surface area contributed by atoms with Gasteiger partial charge in [0.05, 0.1) is 4.88 Å². The minimum absolute atomic E-state index is 0.0417. The van der Waals surface area contributed by atoms with Crippen LogP contribution in [-0.4, -0.2) is 31.5 Å². The smallest absolute Gasteiger partial charge is 0.351 e. The van der Waals surface area contributed by atoms with Crippen LogP contribution in [0.15, 0.2) is 26.9 Å². The highest BCUT2D eigenvalue weighted by Gasteiger charge is 2.36. The van der Waals surface area contributed by atoms with Gasteiger partial charge in [-0.1, -0.05) is 18.5 Å². The summed E-state index contributed by atoms with van der Waals surface area (Å²) in [6.45, 7) is 2.33. The molecule has 5 nitrogen and oxygen atoms in total. The van der Waals surface area contributed by atoms with Crippen molar-refractivity contribution < 1.29 is 26.1 Å². The predicted octanol–water partition coefficient (Wildman–Crippen LogP) is 3.84. The van der Waals surface area contributed by atoms with Crippen LogP contribution in [0.1, 0.15) is 25.5 Å². The number of alkyl halides is 3. The summed E-state index contributed by atoms with van der Waals surface area (Å²) in [4.78, 5) is 0.298. The number of rotatable bonds is 6. The summed E-state index contributed by atoms with van der Waals surface area (Å²) in [6.07, 6.45) is -3.04. The second-order valence-corrected chi connectivity index (χ2v) is 8.23. The van der Waals surface area contributed by atoms with Gasteiger partial charge in [0.2, 0.25) is 5.76 Å². The Kier molecular flexibility index (Phi) is 5.17. The summed E-state index contributed by atoms with van der Waals surface area (Å²) >= 11 is 0.859. The number of hydrogen-bond acceptors (Lipinski definition) is 5. The van der Waals surface area contributed by atoms with Crippen molar-refractivity contribution in [3.63, 3.8) is 0 Å². The van der Waals surface area contributed by atoms with Crippen LogP contribution < -0.4 is 0 Å². The Labute approximate surface area is 135 Å². The van der Waals surface area contributed by atoms with Crippen LogP contribution in [-0.2, 0) is 16.2 Å². The summed E-state index contributed by atoms with van der Waals surface area (Å²) in [5, 5.41) is 3.35. The highest BCUT2D eigenvalue weighted by atomic mass is 32.2. The second-order valence-electron chi connectivity index (χ2n) is 4.87. The van der Waals surface area contributed by atoms with Crippen molar-refractivity contribution in [3.8, 4) is 10.6 Å². The largest absolute Gasteiger partial charge is 0.452 e. The van der Waals surface area contributed by atoms with Gasteiger partial charge < -0.3 is 4.52 Å². The van der Waals surface area contributed by atoms with Gasteiger partial charge in [0, 0.05) is 19.7 Å². The van der Waals surface area contributed by atoms with E-state index in [1.807, 2.05) is 6.92 Å². The monoisotopic (exact) mass is 368 g/mol. The molecule has 23 heavy (non-hydrogen) atoms. The molecule has 0 radical (unpaired) electrons. The van der Waals surface area contributed by atoms with E-state index in [1.165, 1.54) is 23.5 Å². The topological polar surface area (TPSA) is 63.4 Å². The highest BCUT2D eigenvalue weighted by Crippen LogP contribution is 2.35. The predicted molar refractivity (Wildman–Crippen MR) is 79.5 cm³/mol. The molecule has 0 N–H and O–H groups in total. The minimum atomic E-state index is -4.63. The first kappa shape index (κ1) is 18.0. The Morgan fingerprint density at radius 3 is 2.61 bits per heavy atom. The minimum Gasteiger partial charge on any atom is -0.351 e. The zero-order valence-electron chi connectivity index (χ0n) is 12.4. The fourth-order valence-corrected chi connectivity index (χ4v) is 4.45. The number of aromatic nitrogens is 1. The van der Waals surface area contributed by atoms with E-state index in [9.17, 15) is 21.6 Å². The van der Waals surface area contributed by atoms with E-state index in [1.54, 1.807) is 0 Å². The Morgan fingerprint density at radius 1 is 1.35 bits per heavy atom. The summed E-state index contributed by atoms with van der Waals surface area (Å²) in [5.74, 6) is -1.22. The highest BCUT2D eigenvalue weighted by molar-refractivity contribution is 7.91. The number of unbranched alkanes of at least 4 members (excludes halogenated alkanes) is 1. The zero-order chi connectivity index (χ0) is 17.3. The van der Waals surface area contributed by atoms with Gasteiger partial charge in [0.1, 0.15) is 9.90 Å². The molecular weight excluding hydrogens is 353 g/mol. The molecule has 2 rings (SSSR count). The lowest BCUT2D eigenvalue weighted by atomic mass is 10.3.